The summed E-state index contributed by atoms with van der Waals surface area (Å²) in [5.41, 5.74) is 5.85. The molecule has 0 saturated heterocycles. The molecule has 4 N–H and O–H groups in total. The number of hydrogen-bond donors (Lipinski definition) is 3. The Kier molecular flexibility index (Phi) is 4.02. The van der Waals surface area contributed by atoms with E-state index in [2.05, 4.69) is 5.32 Å². The van der Waals surface area contributed by atoms with Crippen molar-refractivity contribution in [3.05, 3.63) is 29.8 Å². The topological polar surface area (TPSA) is 109 Å². The Morgan fingerprint density at radius 1 is 1.15 bits per heavy atom. The monoisotopic (exact) mass is 276 g/mol. The van der Waals surface area contributed by atoms with E-state index in [-0.39, 0.29) is 17.4 Å². The largest absolute Gasteiger partial charge is 0.481 e. The molecule has 0 aromatic heterocycles. The second-order valence-corrected chi connectivity index (χ2v) is 4.94. The number of amides is 2. The van der Waals surface area contributed by atoms with Crippen molar-refractivity contribution in [3.8, 4) is 0 Å². The molecule has 2 amide bonds. The number of nitrogens with two attached hydrogens (primary N) is 1. The summed E-state index contributed by atoms with van der Waals surface area (Å²) in [6, 6.07) is 6.48. The zero-order valence-electron chi connectivity index (χ0n) is 10.8. The number of rotatable bonds is 4. The standard InChI is InChI=1S/C14H16N2O4/c15-12(17)10-3-1-2-4-11(10)16-13(18)8-5-6-9(7-8)14(19)20/h1-4,8-9H,5-7H2,(H2,15,17)(H,16,18)(H,19,20)/t8-,9+/m1/s1. The van der Waals surface area contributed by atoms with Gasteiger partial charge in [0.2, 0.25) is 5.91 Å². The van der Waals surface area contributed by atoms with E-state index in [1.165, 1.54) is 6.07 Å². The lowest BCUT2D eigenvalue weighted by Crippen LogP contribution is -2.24. The van der Waals surface area contributed by atoms with Crippen LogP contribution in [0.1, 0.15) is 29.6 Å². The van der Waals surface area contributed by atoms with Crippen molar-refractivity contribution < 1.29 is 19.5 Å². The van der Waals surface area contributed by atoms with Crippen LogP contribution in [0.15, 0.2) is 24.3 Å². The molecule has 20 heavy (non-hydrogen) atoms. The molecule has 0 bridgehead atoms. The number of primary amides is 1. The summed E-state index contributed by atoms with van der Waals surface area (Å²) >= 11 is 0. The minimum absolute atomic E-state index is 0.244. The summed E-state index contributed by atoms with van der Waals surface area (Å²) in [6.07, 6.45) is 1.38. The number of carbonyl (C=O) groups is 3. The van der Waals surface area contributed by atoms with Crippen LogP contribution < -0.4 is 11.1 Å². The van der Waals surface area contributed by atoms with Gasteiger partial charge >= 0.3 is 5.97 Å². The highest BCUT2D eigenvalue weighted by atomic mass is 16.4. The number of benzene rings is 1. The molecule has 1 aromatic rings. The lowest BCUT2D eigenvalue weighted by Gasteiger charge is -2.12. The van der Waals surface area contributed by atoms with Gasteiger partial charge in [-0.25, -0.2) is 0 Å². The van der Waals surface area contributed by atoms with E-state index in [0.717, 1.165) is 0 Å². The smallest absolute Gasteiger partial charge is 0.306 e. The van der Waals surface area contributed by atoms with Gasteiger partial charge in [-0.05, 0) is 31.4 Å². The van der Waals surface area contributed by atoms with E-state index in [1.807, 2.05) is 0 Å². The van der Waals surface area contributed by atoms with Crippen LogP contribution in [-0.2, 0) is 9.59 Å². The Morgan fingerprint density at radius 3 is 2.40 bits per heavy atom. The van der Waals surface area contributed by atoms with Gasteiger partial charge in [0.15, 0.2) is 0 Å². The van der Waals surface area contributed by atoms with Crippen LogP contribution in [0.2, 0.25) is 0 Å². The molecule has 0 aliphatic heterocycles. The zero-order chi connectivity index (χ0) is 14.7. The van der Waals surface area contributed by atoms with Crippen molar-refractivity contribution in [2.24, 2.45) is 17.6 Å². The van der Waals surface area contributed by atoms with Crippen LogP contribution in [0.25, 0.3) is 0 Å². The first-order valence-electron chi connectivity index (χ1n) is 6.41. The van der Waals surface area contributed by atoms with Gasteiger partial charge in [0, 0.05) is 5.92 Å². The Labute approximate surface area is 116 Å². The van der Waals surface area contributed by atoms with E-state index in [0.29, 0.717) is 24.9 Å². The molecular weight excluding hydrogens is 260 g/mol. The maximum absolute atomic E-state index is 12.1. The SMILES string of the molecule is NC(=O)c1ccccc1NC(=O)[C@@H]1CC[C@H](C(=O)O)C1. The number of nitrogens with one attached hydrogen (secondary N) is 1. The summed E-state index contributed by atoms with van der Waals surface area (Å²) in [6.45, 7) is 0. The first-order valence-corrected chi connectivity index (χ1v) is 6.41. The zero-order valence-corrected chi connectivity index (χ0v) is 10.8. The summed E-state index contributed by atoms with van der Waals surface area (Å²) < 4.78 is 0. The van der Waals surface area contributed by atoms with Crippen molar-refractivity contribution in [3.63, 3.8) is 0 Å². The van der Waals surface area contributed by atoms with Gasteiger partial charge in [-0.3, -0.25) is 14.4 Å². The molecule has 106 valence electrons. The van der Waals surface area contributed by atoms with E-state index >= 15 is 0 Å². The Bertz CT molecular complexity index is 556. The van der Waals surface area contributed by atoms with E-state index < -0.39 is 17.8 Å². The van der Waals surface area contributed by atoms with Crippen LogP contribution in [0.5, 0.6) is 0 Å². The molecule has 2 atom stereocenters. The molecule has 1 fully saturated rings. The van der Waals surface area contributed by atoms with Crippen molar-refractivity contribution in [2.45, 2.75) is 19.3 Å². The quantitative estimate of drug-likeness (QED) is 0.768. The highest BCUT2D eigenvalue weighted by Gasteiger charge is 2.34. The maximum Gasteiger partial charge on any atom is 0.306 e. The van der Waals surface area contributed by atoms with Gasteiger partial charge in [0.05, 0.1) is 17.2 Å². The molecule has 0 heterocycles. The van der Waals surface area contributed by atoms with Crippen LogP contribution in [0.4, 0.5) is 5.69 Å². The Hall–Kier alpha value is -2.37. The lowest BCUT2D eigenvalue weighted by atomic mass is 10.0. The normalized spacial score (nSPS) is 21.4. The highest BCUT2D eigenvalue weighted by molar-refractivity contribution is 6.03. The minimum atomic E-state index is -0.863. The Balaban J connectivity index is 2.06. The number of para-hydroxylation sites is 1. The van der Waals surface area contributed by atoms with Crippen LogP contribution >= 0.6 is 0 Å². The van der Waals surface area contributed by atoms with Crippen LogP contribution in [0.3, 0.4) is 0 Å². The molecule has 1 saturated carbocycles. The number of carboxylic acid groups (broad SMARTS) is 1. The molecule has 0 radical (unpaired) electrons. The number of aliphatic carboxylic acids is 1. The van der Waals surface area contributed by atoms with Crippen molar-refractivity contribution in [1.82, 2.24) is 0 Å². The molecule has 6 nitrogen and oxygen atoms in total. The molecule has 1 aliphatic carbocycles. The third-order valence-electron chi connectivity index (χ3n) is 3.60. The Morgan fingerprint density at radius 2 is 1.80 bits per heavy atom. The second kappa shape index (κ2) is 5.73. The van der Waals surface area contributed by atoms with Gasteiger partial charge in [0.1, 0.15) is 0 Å². The average Bonchev–Trinajstić information content (AvgIpc) is 2.89. The third kappa shape index (κ3) is 2.96. The second-order valence-electron chi connectivity index (χ2n) is 4.94. The van der Waals surface area contributed by atoms with Gasteiger partial charge in [0.25, 0.3) is 5.91 Å². The molecule has 2 rings (SSSR count). The van der Waals surface area contributed by atoms with E-state index in [9.17, 15) is 14.4 Å². The molecule has 1 aliphatic rings. The fourth-order valence-corrected chi connectivity index (χ4v) is 2.49. The molecular formula is C14H16N2O4. The number of carbonyl (C=O) groups excluding carboxylic acids is 2. The highest BCUT2D eigenvalue weighted by Crippen LogP contribution is 2.32. The fraction of sp³-hybridized carbons (Fsp3) is 0.357. The van der Waals surface area contributed by atoms with E-state index in [1.54, 1.807) is 18.2 Å². The summed E-state index contributed by atoms with van der Waals surface area (Å²) in [4.78, 5) is 34.2. The molecule has 0 unspecified atom stereocenters. The lowest BCUT2D eigenvalue weighted by molar-refractivity contribution is -0.141. The predicted molar refractivity (Wildman–Crippen MR) is 72.1 cm³/mol. The van der Waals surface area contributed by atoms with Gasteiger partial charge in [-0.2, -0.15) is 0 Å². The summed E-state index contributed by atoms with van der Waals surface area (Å²) in [5, 5.41) is 11.6. The number of anilines is 1. The van der Waals surface area contributed by atoms with Gasteiger partial charge < -0.3 is 16.2 Å². The van der Waals surface area contributed by atoms with Crippen molar-refractivity contribution >= 4 is 23.5 Å². The predicted octanol–water partition coefficient (Wildman–Crippen LogP) is 1.22. The van der Waals surface area contributed by atoms with Crippen LogP contribution in [0, 0.1) is 11.8 Å². The van der Waals surface area contributed by atoms with E-state index in [4.69, 9.17) is 10.8 Å². The van der Waals surface area contributed by atoms with Gasteiger partial charge in [-0.15, -0.1) is 0 Å². The third-order valence-corrected chi connectivity index (χ3v) is 3.60. The first kappa shape index (κ1) is 14.0. The molecule has 0 spiro atoms. The van der Waals surface area contributed by atoms with Gasteiger partial charge in [-0.1, -0.05) is 12.1 Å². The van der Waals surface area contributed by atoms with Crippen LogP contribution in [-0.4, -0.2) is 22.9 Å². The summed E-state index contributed by atoms with van der Waals surface area (Å²) in [5.74, 6) is -2.54. The number of hydrogen-bond acceptors (Lipinski definition) is 3. The number of carboxylic acids is 1. The maximum atomic E-state index is 12.1. The molecule has 6 heteroatoms. The fourth-order valence-electron chi connectivity index (χ4n) is 2.49. The first-order chi connectivity index (χ1) is 9.49. The summed E-state index contributed by atoms with van der Waals surface area (Å²) in [7, 11) is 0. The van der Waals surface area contributed by atoms with Crippen molar-refractivity contribution in [2.75, 3.05) is 5.32 Å². The van der Waals surface area contributed by atoms with Crippen molar-refractivity contribution in [1.29, 1.82) is 0 Å². The molecule has 1 aromatic carbocycles. The average molecular weight is 276 g/mol. The minimum Gasteiger partial charge on any atom is -0.481 e.